The second kappa shape index (κ2) is 9.66. The maximum atomic E-state index is 13.2. The van der Waals surface area contributed by atoms with Gasteiger partial charge in [0.15, 0.2) is 5.11 Å². The fraction of sp³-hybridized carbons (Fsp3) is 0.238. The third-order valence-corrected chi connectivity index (χ3v) is 5.17. The van der Waals surface area contributed by atoms with Gasteiger partial charge in [-0.2, -0.15) is 0 Å². The molecule has 0 fully saturated rings. The summed E-state index contributed by atoms with van der Waals surface area (Å²) in [6.45, 7) is 4.16. The van der Waals surface area contributed by atoms with E-state index in [0.29, 0.717) is 11.7 Å². The molecule has 0 aliphatic carbocycles. The first-order valence-corrected chi connectivity index (χ1v) is 9.82. The molecule has 0 aliphatic rings. The van der Waals surface area contributed by atoms with E-state index in [-0.39, 0.29) is 5.82 Å². The van der Waals surface area contributed by atoms with Gasteiger partial charge in [-0.25, -0.2) is 9.37 Å². The molecule has 3 aromatic rings. The SMILES string of the molecule is Cc1cc(NC(=S)N(CCCn2ccnc2)Cc2ccc(F)cc2)ccc1Cl. The van der Waals surface area contributed by atoms with E-state index in [9.17, 15) is 4.39 Å². The predicted molar refractivity (Wildman–Crippen MR) is 116 cm³/mol. The zero-order valence-corrected chi connectivity index (χ0v) is 17.2. The van der Waals surface area contributed by atoms with Crippen LogP contribution in [0.5, 0.6) is 0 Å². The van der Waals surface area contributed by atoms with Crippen molar-refractivity contribution in [3.8, 4) is 0 Å². The highest BCUT2D eigenvalue weighted by Crippen LogP contribution is 2.20. The van der Waals surface area contributed by atoms with E-state index in [0.717, 1.165) is 41.3 Å². The maximum Gasteiger partial charge on any atom is 0.173 e. The first kappa shape index (κ1) is 20.3. The van der Waals surface area contributed by atoms with Crippen LogP contribution in [-0.4, -0.2) is 26.1 Å². The predicted octanol–water partition coefficient (Wildman–Crippen LogP) is 5.27. The van der Waals surface area contributed by atoms with Crippen LogP contribution in [0.3, 0.4) is 0 Å². The lowest BCUT2D eigenvalue weighted by Crippen LogP contribution is -2.35. The van der Waals surface area contributed by atoms with Crippen LogP contribution >= 0.6 is 23.8 Å². The average Bonchev–Trinajstić information content (AvgIpc) is 3.19. The molecule has 146 valence electrons. The van der Waals surface area contributed by atoms with Crippen LogP contribution in [0.2, 0.25) is 5.02 Å². The molecule has 28 heavy (non-hydrogen) atoms. The highest BCUT2D eigenvalue weighted by Gasteiger charge is 2.12. The smallest absolute Gasteiger partial charge is 0.173 e. The summed E-state index contributed by atoms with van der Waals surface area (Å²) in [7, 11) is 0. The van der Waals surface area contributed by atoms with Crippen LogP contribution in [-0.2, 0) is 13.1 Å². The lowest BCUT2D eigenvalue weighted by molar-refractivity contribution is 0.395. The molecule has 0 spiro atoms. The van der Waals surface area contributed by atoms with Crippen LogP contribution < -0.4 is 5.32 Å². The molecule has 4 nitrogen and oxygen atoms in total. The Morgan fingerprint density at radius 2 is 2.04 bits per heavy atom. The van der Waals surface area contributed by atoms with Crippen LogP contribution in [0.15, 0.2) is 61.2 Å². The zero-order valence-electron chi connectivity index (χ0n) is 15.6. The van der Waals surface area contributed by atoms with E-state index in [1.807, 2.05) is 35.9 Å². The molecule has 2 aromatic carbocycles. The quantitative estimate of drug-likeness (QED) is 0.531. The molecule has 0 aliphatic heterocycles. The molecular formula is C21H22ClFN4S. The lowest BCUT2D eigenvalue weighted by Gasteiger charge is -2.26. The minimum Gasteiger partial charge on any atom is -0.345 e. The summed E-state index contributed by atoms with van der Waals surface area (Å²) >= 11 is 11.8. The molecule has 0 radical (unpaired) electrons. The van der Waals surface area contributed by atoms with Crippen molar-refractivity contribution in [2.24, 2.45) is 0 Å². The third-order valence-electron chi connectivity index (χ3n) is 4.39. The van der Waals surface area contributed by atoms with Crippen molar-refractivity contribution in [1.29, 1.82) is 0 Å². The normalized spacial score (nSPS) is 10.7. The number of hydrogen-bond donors (Lipinski definition) is 1. The number of anilines is 1. The monoisotopic (exact) mass is 416 g/mol. The molecule has 1 aromatic heterocycles. The number of benzene rings is 2. The summed E-state index contributed by atoms with van der Waals surface area (Å²) in [5, 5.41) is 4.63. The van der Waals surface area contributed by atoms with Crippen LogP contribution in [0, 0.1) is 12.7 Å². The van der Waals surface area contributed by atoms with Gasteiger partial charge in [0.05, 0.1) is 6.33 Å². The summed E-state index contributed by atoms with van der Waals surface area (Å²) in [6.07, 6.45) is 6.42. The van der Waals surface area contributed by atoms with Gasteiger partial charge < -0.3 is 14.8 Å². The Morgan fingerprint density at radius 3 is 2.71 bits per heavy atom. The highest BCUT2D eigenvalue weighted by molar-refractivity contribution is 7.80. The Balaban J connectivity index is 1.68. The minimum absolute atomic E-state index is 0.243. The van der Waals surface area contributed by atoms with Gasteiger partial charge >= 0.3 is 0 Å². The van der Waals surface area contributed by atoms with Crippen LogP contribution in [0.1, 0.15) is 17.5 Å². The van der Waals surface area contributed by atoms with Crippen molar-refractivity contribution in [3.05, 3.63) is 83.2 Å². The summed E-state index contributed by atoms with van der Waals surface area (Å²) in [5.41, 5.74) is 2.88. The minimum atomic E-state index is -0.243. The van der Waals surface area contributed by atoms with Crippen LogP contribution in [0.4, 0.5) is 10.1 Å². The maximum absolute atomic E-state index is 13.2. The van der Waals surface area contributed by atoms with Crippen molar-refractivity contribution < 1.29 is 4.39 Å². The molecule has 0 saturated heterocycles. The molecule has 0 bridgehead atoms. The Labute approximate surface area is 175 Å². The van der Waals surface area contributed by atoms with Gasteiger partial charge in [-0.3, -0.25) is 0 Å². The van der Waals surface area contributed by atoms with Gasteiger partial charge in [-0.1, -0.05) is 23.7 Å². The molecule has 0 atom stereocenters. The number of nitrogens with one attached hydrogen (secondary N) is 1. The van der Waals surface area contributed by atoms with Crippen molar-refractivity contribution >= 4 is 34.6 Å². The summed E-state index contributed by atoms with van der Waals surface area (Å²) < 4.78 is 15.3. The first-order chi connectivity index (χ1) is 13.5. The summed E-state index contributed by atoms with van der Waals surface area (Å²) in [4.78, 5) is 6.15. The van der Waals surface area contributed by atoms with Crippen LogP contribution in [0.25, 0.3) is 0 Å². The standard InChI is InChI=1S/C21H22ClFN4S/c1-16-13-19(7-8-20(16)22)25-21(28)27(11-2-10-26-12-9-24-15-26)14-17-3-5-18(23)6-4-17/h3-9,12-13,15H,2,10-11,14H2,1H3,(H,25,28). The van der Waals surface area contributed by atoms with Crippen molar-refractivity contribution in [3.63, 3.8) is 0 Å². The van der Waals surface area contributed by atoms with E-state index >= 15 is 0 Å². The van der Waals surface area contributed by atoms with Gasteiger partial charge in [0.2, 0.25) is 0 Å². The Bertz CT molecular complexity index is 913. The van der Waals surface area contributed by atoms with Gasteiger partial charge in [0.25, 0.3) is 0 Å². The second-order valence-corrected chi connectivity index (χ2v) is 7.39. The van der Waals surface area contributed by atoms with Gasteiger partial charge in [-0.15, -0.1) is 0 Å². The molecule has 3 rings (SSSR count). The lowest BCUT2D eigenvalue weighted by atomic mass is 10.2. The largest absolute Gasteiger partial charge is 0.345 e. The third kappa shape index (κ3) is 5.78. The number of aryl methyl sites for hydroxylation is 2. The molecule has 0 amide bonds. The number of aromatic nitrogens is 2. The first-order valence-electron chi connectivity index (χ1n) is 9.03. The number of imidazole rings is 1. The average molecular weight is 417 g/mol. The number of halogens is 2. The topological polar surface area (TPSA) is 33.1 Å². The molecular weight excluding hydrogens is 395 g/mol. The second-order valence-electron chi connectivity index (χ2n) is 6.60. The van der Waals surface area contributed by atoms with Crippen molar-refractivity contribution in [2.45, 2.75) is 26.4 Å². The molecule has 7 heteroatoms. The zero-order chi connectivity index (χ0) is 19.9. The number of thiocarbonyl (C=S) groups is 1. The van der Waals surface area contributed by atoms with Crippen molar-refractivity contribution in [2.75, 3.05) is 11.9 Å². The van der Waals surface area contributed by atoms with E-state index in [2.05, 4.69) is 15.2 Å². The Kier molecular flexibility index (Phi) is 7.01. The van der Waals surface area contributed by atoms with E-state index in [1.54, 1.807) is 24.7 Å². The molecule has 0 saturated carbocycles. The number of rotatable bonds is 7. The summed E-state index contributed by atoms with van der Waals surface area (Å²) in [6, 6.07) is 12.2. The molecule has 0 unspecified atom stereocenters. The highest BCUT2D eigenvalue weighted by atomic mass is 35.5. The molecule has 1 N–H and O–H groups in total. The summed E-state index contributed by atoms with van der Waals surface area (Å²) in [5.74, 6) is -0.243. The number of hydrogen-bond acceptors (Lipinski definition) is 2. The Morgan fingerprint density at radius 1 is 1.25 bits per heavy atom. The number of nitrogens with zero attached hydrogens (tertiary/aromatic N) is 3. The van der Waals surface area contributed by atoms with Crippen molar-refractivity contribution in [1.82, 2.24) is 14.5 Å². The van der Waals surface area contributed by atoms with E-state index in [1.165, 1.54) is 12.1 Å². The fourth-order valence-corrected chi connectivity index (χ4v) is 3.24. The van der Waals surface area contributed by atoms with Gasteiger partial charge in [0, 0.05) is 42.7 Å². The molecule has 1 heterocycles. The van der Waals surface area contributed by atoms with Gasteiger partial charge in [0.1, 0.15) is 5.82 Å². The Hall–Kier alpha value is -2.44. The van der Waals surface area contributed by atoms with E-state index < -0.39 is 0 Å². The van der Waals surface area contributed by atoms with Gasteiger partial charge in [-0.05, 0) is 67.0 Å². The van der Waals surface area contributed by atoms with E-state index in [4.69, 9.17) is 23.8 Å². The fourth-order valence-electron chi connectivity index (χ4n) is 2.85.